The fraction of sp³-hybridized carbons (Fsp3) is 0.350. The van der Waals surface area contributed by atoms with E-state index in [1.807, 2.05) is 0 Å². The Morgan fingerprint density at radius 1 is 1.16 bits per heavy atom. The van der Waals surface area contributed by atoms with Gasteiger partial charge in [-0.05, 0) is 73.4 Å². The third kappa shape index (κ3) is 3.28. The maximum Gasteiger partial charge on any atom is 0.303 e. The molecule has 25 heavy (non-hydrogen) atoms. The molecule has 0 saturated heterocycles. The van der Waals surface area contributed by atoms with Gasteiger partial charge in [-0.15, -0.1) is 0 Å². The molecule has 0 atom stereocenters. The van der Waals surface area contributed by atoms with Gasteiger partial charge >= 0.3 is 5.97 Å². The van der Waals surface area contributed by atoms with Crippen molar-refractivity contribution < 1.29 is 23.1 Å². The van der Waals surface area contributed by atoms with E-state index in [0.29, 0.717) is 22.3 Å². The van der Waals surface area contributed by atoms with E-state index in [9.17, 15) is 13.6 Å². The summed E-state index contributed by atoms with van der Waals surface area (Å²) in [5.74, 6) is -2.99. The lowest BCUT2D eigenvalue weighted by Gasteiger charge is -2.17. The first-order valence-electron chi connectivity index (χ1n) is 8.29. The lowest BCUT2D eigenvalue weighted by Crippen LogP contribution is -2.07. The van der Waals surface area contributed by atoms with Crippen LogP contribution in [-0.2, 0) is 11.2 Å². The van der Waals surface area contributed by atoms with Crippen LogP contribution in [0.5, 0.6) is 0 Å². The van der Waals surface area contributed by atoms with E-state index in [1.165, 1.54) is 12.1 Å². The van der Waals surface area contributed by atoms with Crippen molar-refractivity contribution in [3.05, 3.63) is 57.9 Å². The number of rotatable bonds is 5. The summed E-state index contributed by atoms with van der Waals surface area (Å²) in [7, 11) is 0. The van der Waals surface area contributed by atoms with Crippen molar-refractivity contribution in [3.63, 3.8) is 0 Å². The van der Waals surface area contributed by atoms with Crippen LogP contribution in [0.4, 0.5) is 13.2 Å². The lowest BCUT2D eigenvalue weighted by atomic mass is 9.89. The molecule has 3 rings (SSSR count). The topological polar surface area (TPSA) is 37.3 Å². The number of hydrogen-bond acceptors (Lipinski definition) is 1. The Bertz CT molecular complexity index is 855. The number of carboxylic acid groups (broad SMARTS) is 1. The third-order valence-electron chi connectivity index (χ3n) is 4.80. The second-order valence-corrected chi connectivity index (χ2v) is 6.65. The minimum atomic E-state index is -1.12. The van der Waals surface area contributed by atoms with Crippen LogP contribution < -0.4 is 0 Å². The van der Waals surface area contributed by atoms with Gasteiger partial charge in [-0.1, -0.05) is 6.07 Å². The SMILES string of the molecule is Cc1ccc(F)c(C)c1-c1cc(C2CC2)c(F)c(CCC(=O)O)c1F. The summed E-state index contributed by atoms with van der Waals surface area (Å²) in [4.78, 5) is 10.8. The minimum Gasteiger partial charge on any atom is -0.481 e. The second-order valence-electron chi connectivity index (χ2n) is 6.65. The van der Waals surface area contributed by atoms with Crippen molar-refractivity contribution in [2.45, 2.75) is 45.4 Å². The van der Waals surface area contributed by atoms with Gasteiger partial charge < -0.3 is 5.11 Å². The predicted octanol–water partition coefficient (Wildman–Crippen LogP) is 5.28. The van der Waals surface area contributed by atoms with Crippen LogP contribution in [0.2, 0.25) is 0 Å². The lowest BCUT2D eigenvalue weighted by molar-refractivity contribution is -0.136. The van der Waals surface area contributed by atoms with Gasteiger partial charge in [0.25, 0.3) is 0 Å². The summed E-state index contributed by atoms with van der Waals surface area (Å²) in [6.07, 6.45) is 1.06. The fourth-order valence-corrected chi connectivity index (χ4v) is 3.28. The Morgan fingerprint density at radius 2 is 1.84 bits per heavy atom. The molecule has 0 heterocycles. The second kappa shape index (κ2) is 6.54. The molecule has 0 spiro atoms. The van der Waals surface area contributed by atoms with Crippen LogP contribution in [0, 0.1) is 31.3 Å². The summed E-state index contributed by atoms with van der Waals surface area (Å²) < 4.78 is 43.8. The van der Waals surface area contributed by atoms with Gasteiger partial charge in [0.15, 0.2) is 0 Å². The molecule has 5 heteroatoms. The molecule has 0 aromatic heterocycles. The number of aliphatic carboxylic acids is 1. The van der Waals surface area contributed by atoms with Crippen LogP contribution in [0.1, 0.15) is 47.4 Å². The van der Waals surface area contributed by atoms with Crippen LogP contribution in [0.15, 0.2) is 18.2 Å². The van der Waals surface area contributed by atoms with Crippen molar-refractivity contribution in [3.8, 4) is 11.1 Å². The number of halogens is 3. The molecular weight excluding hydrogens is 329 g/mol. The Hall–Kier alpha value is -2.30. The Balaban J connectivity index is 2.23. The number of benzene rings is 2. The van der Waals surface area contributed by atoms with Gasteiger partial charge in [0, 0.05) is 17.5 Å². The molecule has 0 radical (unpaired) electrons. The molecule has 0 bridgehead atoms. The molecule has 1 N–H and O–H groups in total. The Kier molecular flexibility index (Phi) is 4.58. The molecule has 2 aromatic carbocycles. The number of hydrogen-bond donors (Lipinski definition) is 1. The van der Waals surface area contributed by atoms with Gasteiger partial charge in [0.2, 0.25) is 0 Å². The minimum absolute atomic E-state index is 0.0251. The van der Waals surface area contributed by atoms with Crippen LogP contribution >= 0.6 is 0 Å². The van der Waals surface area contributed by atoms with E-state index in [-0.39, 0.29) is 29.9 Å². The highest BCUT2D eigenvalue weighted by molar-refractivity contribution is 5.74. The molecule has 1 aliphatic rings. The smallest absolute Gasteiger partial charge is 0.303 e. The quantitative estimate of drug-likeness (QED) is 0.798. The Morgan fingerprint density at radius 3 is 2.44 bits per heavy atom. The maximum absolute atomic E-state index is 15.1. The van der Waals surface area contributed by atoms with Crippen molar-refractivity contribution in [2.75, 3.05) is 0 Å². The molecule has 132 valence electrons. The summed E-state index contributed by atoms with van der Waals surface area (Å²) in [5.41, 5.74) is 1.74. The molecule has 2 aromatic rings. The first-order chi connectivity index (χ1) is 11.8. The van der Waals surface area contributed by atoms with Gasteiger partial charge in [-0.25, -0.2) is 13.2 Å². The standard InChI is InChI=1S/C20H19F3O2/c1-10-3-7-16(21)11(2)18(10)15-9-14(12-4-5-12)19(22)13(20(15)23)6-8-17(24)25/h3,7,9,12H,4-6,8H2,1-2H3,(H,24,25). The maximum atomic E-state index is 15.1. The molecule has 0 aliphatic heterocycles. The van der Waals surface area contributed by atoms with Gasteiger partial charge in [0.05, 0.1) is 0 Å². The molecule has 2 nitrogen and oxygen atoms in total. The summed E-state index contributed by atoms with van der Waals surface area (Å²) in [5, 5.41) is 8.86. The summed E-state index contributed by atoms with van der Waals surface area (Å²) in [6, 6.07) is 4.36. The summed E-state index contributed by atoms with van der Waals surface area (Å²) >= 11 is 0. The highest BCUT2D eigenvalue weighted by Gasteiger charge is 2.31. The monoisotopic (exact) mass is 348 g/mol. The average Bonchev–Trinajstić information content (AvgIpc) is 3.37. The molecule has 1 fully saturated rings. The number of aryl methyl sites for hydroxylation is 1. The van der Waals surface area contributed by atoms with E-state index < -0.39 is 23.4 Å². The zero-order chi connectivity index (χ0) is 18.3. The van der Waals surface area contributed by atoms with E-state index in [0.717, 1.165) is 12.8 Å². The van der Waals surface area contributed by atoms with Crippen molar-refractivity contribution in [1.29, 1.82) is 0 Å². The van der Waals surface area contributed by atoms with Crippen LogP contribution in [0.25, 0.3) is 11.1 Å². The largest absolute Gasteiger partial charge is 0.481 e. The van der Waals surface area contributed by atoms with Gasteiger partial charge in [-0.3, -0.25) is 4.79 Å². The first kappa shape index (κ1) is 17.5. The normalized spacial score (nSPS) is 14.0. The highest BCUT2D eigenvalue weighted by Crippen LogP contribution is 2.45. The van der Waals surface area contributed by atoms with Crippen molar-refractivity contribution >= 4 is 5.97 Å². The van der Waals surface area contributed by atoms with E-state index >= 15 is 4.39 Å². The van der Waals surface area contributed by atoms with Gasteiger partial charge in [0.1, 0.15) is 17.5 Å². The number of carbonyl (C=O) groups is 1. The highest BCUT2D eigenvalue weighted by atomic mass is 19.1. The van der Waals surface area contributed by atoms with Crippen LogP contribution in [-0.4, -0.2) is 11.1 Å². The predicted molar refractivity (Wildman–Crippen MR) is 89.2 cm³/mol. The average molecular weight is 348 g/mol. The number of carboxylic acids is 1. The molecule has 0 amide bonds. The Labute approximate surface area is 144 Å². The van der Waals surface area contributed by atoms with E-state index in [2.05, 4.69) is 0 Å². The van der Waals surface area contributed by atoms with E-state index in [4.69, 9.17) is 5.11 Å². The third-order valence-corrected chi connectivity index (χ3v) is 4.80. The summed E-state index contributed by atoms with van der Waals surface area (Å²) in [6.45, 7) is 3.31. The van der Waals surface area contributed by atoms with Crippen molar-refractivity contribution in [2.24, 2.45) is 0 Å². The van der Waals surface area contributed by atoms with Crippen LogP contribution in [0.3, 0.4) is 0 Å². The zero-order valence-electron chi connectivity index (χ0n) is 14.1. The zero-order valence-corrected chi connectivity index (χ0v) is 14.1. The fourth-order valence-electron chi connectivity index (χ4n) is 3.28. The molecule has 1 saturated carbocycles. The first-order valence-corrected chi connectivity index (χ1v) is 8.29. The van der Waals surface area contributed by atoms with Crippen molar-refractivity contribution in [1.82, 2.24) is 0 Å². The van der Waals surface area contributed by atoms with Gasteiger partial charge in [-0.2, -0.15) is 0 Å². The molecule has 0 unspecified atom stereocenters. The van der Waals surface area contributed by atoms with E-state index in [1.54, 1.807) is 19.9 Å². The molecular formula is C20H19F3O2. The molecule has 1 aliphatic carbocycles.